The van der Waals surface area contributed by atoms with E-state index in [0.717, 1.165) is 36.5 Å². The zero-order valence-electron chi connectivity index (χ0n) is 11.6. The highest BCUT2D eigenvalue weighted by Crippen LogP contribution is 2.26. The fourth-order valence-electron chi connectivity index (χ4n) is 2.71. The van der Waals surface area contributed by atoms with E-state index in [-0.39, 0.29) is 12.6 Å². The number of nitrogen functional groups attached to an aromatic ring is 1. The first-order valence-corrected chi connectivity index (χ1v) is 7.10. The van der Waals surface area contributed by atoms with Gasteiger partial charge < -0.3 is 15.6 Å². The quantitative estimate of drug-likeness (QED) is 0.799. The van der Waals surface area contributed by atoms with Crippen LogP contribution >= 0.6 is 0 Å². The molecule has 4 nitrogen and oxygen atoms in total. The minimum atomic E-state index is 0.228. The van der Waals surface area contributed by atoms with E-state index < -0.39 is 0 Å². The molecule has 1 aliphatic heterocycles. The second-order valence-electron chi connectivity index (χ2n) is 5.10. The van der Waals surface area contributed by atoms with Crippen LogP contribution in [0.3, 0.4) is 0 Å². The molecule has 0 aromatic heterocycles. The first kappa shape index (κ1) is 14.2. The van der Waals surface area contributed by atoms with Crippen molar-refractivity contribution in [3.8, 4) is 5.75 Å². The standard InChI is InChI=1S/C15H24N2O2/c1-2-19-15-7-6-13(16)9-12(15)10-17-8-4-3-5-14(17)11-18/h6-7,9,14,18H,2-5,8,10-11,16H2,1H3. The van der Waals surface area contributed by atoms with E-state index >= 15 is 0 Å². The minimum absolute atomic E-state index is 0.228. The average molecular weight is 264 g/mol. The predicted molar refractivity (Wildman–Crippen MR) is 77.2 cm³/mol. The highest BCUT2D eigenvalue weighted by Gasteiger charge is 2.22. The molecule has 19 heavy (non-hydrogen) atoms. The molecule has 3 N–H and O–H groups in total. The molecule has 1 heterocycles. The van der Waals surface area contributed by atoms with Gasteiger partial charge in [-0.15, -0.1) is 0 Å². The molecule has 0 radical (unpaired) electrons. The molecule has 1 atom stereocenters. The molecule has 4 heteroatoms. The number of rotatable bonds is 5. The number of aliphatic hydroxyl groups is 1. The Morgan fingerprint density at radius 1 is 1.42 bits per heavy atom. The van der Waals surface area contributed by atoms with Crippen molar-refractivity contribution in [3.05, 3.63) is 23.8 Å². The first-order chi connectivity index (χ1) is 9.24. The highest BCUT2D eigenvalue weighted by atomic mass is 16.5. The van der Waals surface area contributed by atoms with Gasteiger partial charge >= 0.3 is 0 Å². The van der Waals surface area contributed by atoms with Crippen LogP contribution in [0.1, 0.15) is 31.7 Å². The molecule has 2 rings (SSSR count). The maximum absolute atomic E-state index is 9.47. The van der Waals surface area contributed by atoms with E-state index in [1.165, 1.54) is 12.8 Å². The van der Waals surface area contributed by atoms with E-state index in [1.807, 2.05) is 25.1 Å². The molecular weight excluding hydrogens is 240 g/mol. The number of hydrogen-bond acceptors (Lipinski definition) is 4. The van der Waals surface area contributed by atoms with Gasteiger partial charge in [-0.1, -0.05) is 6.42 Å². The van der Waals surface area contributed by atoms with Crippen LogP contribution in [0.4, 0.5) is 5.69 Å². The Hall–Kier alpha value is -1.26. The molecule has 1 aromatic carbocycles. The number of nitrogens with two attached hydrogens (primary N) is 1. The Labute approximate surface area is 115 Å². The maximum atomic E-state index is 9.47. The van der Waals surface area contributed by atoms with E-state index in [9.17, 15) is 5.11 Å². The van der Waals surface area contributed by atoms with Crippen molar-refractivity contribution < 1.29 is 9.84 Å². The lowest BCUT2D eigenvalue weighted by Gasteiger charge is -2.34. The van der Waals surface area contributed by atoms with Gasteiger partial charge in [0.15, 0.2) is 0 Å². The lowest BCUT2D eigenvalue weighted by atomic mass is 10.0. The van der Waals surface area contributed by atoms with Gasteiger partial charge in [-0.3, -0.25) is 4.90 Å². The maximum Gasteiger partial charge on any atom is 0.123 e. The third-order valence-corrected chi connectivity index (χ3v) is 3.72. The van der Waals surface area contributed by atoms with Crippen LogP contribution in [-0.4, -0.2) is 35.8 Å². The van der Waals surface area contributed by atoms with E-state index in [4.69, 9.17) is 10.5 Å². The SMILES string of the molecule is CCOc1ccc(N)cc1CN1CCCCC1CO. The van der Waals surface area contributed by atoms with Crippen molar-refractivity contribution in [2.24, 2.45) is 0 Å². The summed E-state index contributed by atoms with van der Waals surface area (Å²) < 4.78 is 5.66. The third-order valence-electron chi connectivity index (χ3n) is 3.72. The van der Waals surface area contributed by atoms with E-state index in [1.54, 1.807) is 0 Å². The second kappa shape index (κ2) is 6.78. The molecule has 1 fully saturated rings. The Morgan fingerprint density at radius 2 is 2.26 bits per heavy atom. The predicted octanol–water partition coefficient (Wildman–Crippen LogP) is 2.01. The summed E-state index contributed by atoms with van der Waals surface area (Å²) in [7, 11) is 0. The average Bonchev–Trinajstić information content (AvgIpc) is 2.42. The van der Waals surface area contributed by atoms with Crippen LogP contribution < -0.4 is 10.5 Å². The number of aliphatic hydroxyl groups excluding tert-OH is 1. The topological polar surface area (TPSA) is 58.7 Å². The van der Waals surface area contributed by atoms with Crippen molar-refractivity contribution in [1.29, 1.82) is 0 Å². The van der Waals surface area contributed by atoms with Gasteiger partial charge in [-0.05, 0) is 44.5 Å². The number of piperidine rings is 1. The van der Waals surface area contributed by atoms with Gasteiger partial charge in [0.05, 0.1) is 13.2 Å². The van der Waals surface area contributed by atoms with Crippen molar-refractivity contribution in [2.75, 3.05) is 25.5 Å². The minimum Gasteiger partial charge on any atom is -0.494 e. The van der Waals surface area contributed by atoms with Crippen LogP contribution in [0, 0.1) is 0 Å². The van der Waals surface area contributed by atoms with E-state index in [2.05, 4.69) is 4.90 Å². The van der Waals surface area contributed by atoms with Crippen LogP contribution in [0.15, 0.2) is 18.2 Å². The fourth-order valence-corrected chi connectivity index (χ4v) is 2.71. The Balaban J connectivity index is 2.14. The molecule has 0 saturated carbocycles. The molecule has 0 amide bonds. The van der Waals surface area contributed by atoms with Crippen molar-refractivity contribution in [3.63, 3.8) is 0 Å². The molecule has 1 aromatic rings. The Morgan fingerprint density at radius 3 is 3.00 bits per heavy atom. The van der Waals surface area contributed by atoms with Crippen molar-refractivity contribution >= 4 is 5.69 Å². The Bertz CT molecular complexity index is 409. The fraction of sp³-hybridized carbons (Fsp3) is 0.600. The second-order valence-corrected chi connectivity index (χ2v) is 5.10. The van der Waals surface area contributed by atoms with Crippen LogP contribution in [0.25, 0.3) is 0 Å². The van der Waals surface area contributed by atoms with Gasteiger partial charge in [-0.2, -0.15) is 0 Å². The number of hydrogen-bond donors (Lipinski definition) is 2. The van der Waals surface area contributed by atoms with Gasteiger partial charge in [0, 0.05) is 23.8 Å². The summed E-state index contributed by atoms with van der Waals surface area (Å²) >= 11 is 0. The summed E-state index contributed by atoms with van der Waals surface area (Å²) in [6.07, 6.45) is 3.47. The van der Waals surface area contributed by atoms with Crippen LogP contribution in [0.5, 0.6) is 5.75 Å². The summed E-state index contributed by atoms with van der Waals surface area (Å²) in [5.41, 5.74) is 7.75. The normalized spacial score (nSPS) is 20.4. The highest BCUT2D eigenvalue weighted by molar-refractivity contribution is 5.47. The largest absolute Gasteiger partial charge is 0.494 e. The lowest BCUT2D eigenvalue weighted by Crippen LogP contribution is -2.41. The lowest BCUT2D eigenvalue weighted by molar-refractivity contribution is 0.0833. The van der Waals surface area contributed by atoms with Crippen molar-refractivity contribution in [2.45, 2.75) is 38.8 Å². The van der Waals surface area contributed by atoms with Gasteiger partial charge in [0.25, 0.3) is 0 Å². The molecule has 1 aliphatic rings. The molecule has 0 aliphatic carbocycles. The number of likely N-dealkylation sites (tertiary alicyclic amines) is 1. The summed E-state index contributed by atoms with van der Waals surface area (Å²) in [5, 5.41) is 9.47. The zero-order valence-corrected chi connectivity index (χ0v) is 11.6. The summed E-state index contributed by atoms with van der Waals surface area (Å²) in [5.74, 6) is 0.902. The number of nitrogens with zero attached hydrogens (tertiary/aromatic N) is 1. The molecule has 1 saturated heterocycles. The third kappa shape index (κ3) is 3.61. The van der Waals surface area contributed by atoms with Gasteiger partial charge in [0.1, 0.15) is 5.75 Å². The molecular formula is C15H24N2O2. The molecule has 0 spiro atoms. The molecule has 1 unspecified atom stereocenters. The zero-order chi connectivity index (χ0) is 13.7. The van der Waals surface area contributed by atoms with Crippen molar-refractivity contribution in [1.82, 2.24) is 4.90 Å². The number of benzene rings is 1. The van der Waals surface area contributed by atoms with Crippen LogP contribution in [-0.2, 0) is 6.54 Å². The summed E-state index contributed by atoms with van der Waals surface area (Å²) in [6.45, 7) is 4.70. The number of anilines is 1. The molecule has 0 bridgehead atoms. The monoisotopic (exact) mass is 264 g/mol. The van der Waals surface area contributed by atoms with E-state index in [0.29, 0.717) is 6.61 Å². The first-order valence-electron chi connectivity index (χ1n) is 7.10. The smallest absolute Gasteiger partial charge is 0.123 e. The van der Waals surface area contributed by atoms with Gasteiger partial charge in [-0.25, -0.2) is 0 Å². The molecule has 106 valence electrons. The Kier molecular flexibility index (Phi) is 5.05. The summed E-state index contributed by atoms with van der Waals surface area (Å²) in [6, 6.07) is 6.05. The number of ether oxygens (including phenoxy) is 1. The van der Waals surface area contributed by atoms with Crippen LogP contribution in [0.2, 0.25) is 0 Å². The summed E-state index contributed by atoms with van der Waals surface area (Å²) in [4.78, 5) is 2.33. The van der Waals surface area contributed by atoms with Gasteiger partial charge in [0.2, 0.25) is 0 Å².